The van der Waals surface area contributed by atoms with E-state index >= 15 is 0 Å². The Hall–Kier alpha value is -1.39. The number of ether oxygens (including phenoxy) is 1. The van der Waals surface area contributed by atoms with Gasteiger partial charge in [0.25, 0.3) is 0 Å². The van der Waals surface area contributed by atoms with E-state index in [9.17, 15) is 0 Å². The third kappa shape index (κ3) is 2.84. The summed E-state index contributed by atoms with van der Waals surface area (Å²) in [5.41, 5.74) is 2.10. The molecular weight excluding hydrogens is 234 g/mol. The number of aliphatic hydroxyl groups excluding tert-OH is 1. The van der Waals surface area contributed by atoms with Crippen molar-refractivity contribution in [1.29, 1.82) is 0 Å². The van der Waals surface area contributed by atoms with Crippen LogP contribution in [0, 0.1) is 6.92 Å². The average molecular weight is 249 g/mol. The summed E-state index contributed by atoms with van der Waals surface area (Å²) in [6.07, 6.45) is 0.780. The second-order valence-electron chi connectivity index (χ2n) is 3.80. The van der Waals surface area contributed by atoms with Crippen LogP contribution in [0.1, 0.15) is 21.1 Å². The van der Waals surface area contributed by atoms with Crippen LogP contribution in [0.25, 0.3) is 0 Å². The van der Waals surface area contributed by atoms with Crippen molar-refractivity contribution in [3.8, 4) is 5.75 Å². The first-order chi connectivity index (χ1) is 8.22. The normalized spacial score (nSPS) is 10.5. The predicted molar refractivity (Wildman–Crippen MR) is 68.6 cm³/mol. The number of nitrogens with zero attached hydrogens (tertiary/aromatic N) is 1. The smallest absolute Gasteiger partial charge is 0.119 e. The molecule has 2 aromatic rings. The Balaban J connectivity index is 2.18. The van der Waals surface area contributed by atoms with Gasteiger partial charge in [0.1, 0.15) is 5.75 Å². The van der Waals surface area contributed by atoms with Crippen molar-refractivity contribution in [2.45, 2.75) is 20.0 Å². The highest BCUT2D eigenvalue weighted by atomic mass is 32.1. The third-order valence-corrected chi connectivity index (χ3v) is 3.71. The van der Waals surface area contributed by atoms with Gasteiger partial charge >= 0.3 is 0 Å². The van der Waals surface area contributed by atoms with E-state index in [1.165, 1.54) is 5.56 Å². The zero-order chi connectivity index (χ0) is 12.3. The monoisotopic (exact) mass is 249 g/mol. The molecule has 17 heavy (non-hydrogen) atoms. The Labute approximate surface area is 105 Å². The number of aryl methyl sites for hydroxylation is 1. The van der Waals surface area contributed by atoms with Gasteiger partial charge in [0.2, 0.25) is 0 Å². The predicted octanol–water partition coefficient (Wildman–Crippen LogP) is 2.54. The van der Waals surface area contributed by atoms with E-state index in [0.29, 0.717) is 0 Å². The van der Waals surface area contributed by atoms with Crippen LogP contribution in [0.3, 0.4) is 0 Å². The van der Waals surface area contributed by atoms with Crippen LogP contribution in [-0.2, 0) is 13.0 Å². The van der Waals surface area contributed by atoms with Crippen LogP contribution in [-0.4, -0.2) is 17.2 Å². The highest BCUT2D eigenvalue weighted by Crippen LogP contribution is 2.22. The number of benzene rings is 1. The topological polar surface area (TPSA) is 42.4 Å². The fourth-order valence-corrected chi connectivity index (χ4v) is 2.63. The number of hydrogen-bond acceptors (Lipinski definition) is 4. The summed E-state index contributed by atoms with van der Waals surface area (Å²) in [5.74, 6) is 0.859. The van der Waals surface area contributed by atoms with Crippen molar-refractivity contribution < 1.29 is 9.84 Å². The third-order valence-electron chi connectivity index (χ3n) is 2.57. The van der Waals surface area contributed by atoms with Crippen molar-refractivity contribution in [3.63, 3.8) is 0 Å². The first kappa shape index (κ1) is 12.1. The van der Waals surface area contributed by atoms with Crippen LogP contribution in [0.2, 0.25) is 0 Å². The quantitative estimate of drug-likeness (QED) is 0.905. The van der Waals surface area contributed by atoms with E-state index in [0.717, 1.165) is 27.7 Å². The largest absolute Gasteiger partial charge is 0.497 e. The minimum Gasteiger partial charge on any atom is -0.497 e. The highest BCUT2D eigenvalue weighted by Gasteiger charge is 2.07. The number of hydrogen-bond donors (Lipinski definition) is 1. The van der Waals surface area contributed by atoms with Crippen molar-refractivity contribution >= 4 is 11.3 Å². The molecule has 0 unspecified atom stereocenters. The van der Waals surface area contributed by atoms with Crippen LogP contribution < -0.4 is 4.74 Å². The molecule has 0 bridgehead atoms. The Morgan fingerprint density at radius 3 is 2.88 bits per heavy atom. The van der Waals surface area contributed by atoms with Gasteiger partial charge in [-0.2, -0.15) is 0 Å². The van der Waals surface area contributed by atoms with E-state index in [1.54, 1.807) is 18.4 Å². The summed E-state index contributed by atoms with van der Waals surface area (Å²) in [7, 11) is 1.66. The maximum Gasteiger partial charge on any atom is 0.119 e. The molecule has 0 saturated heterocycles. The fourth-order valence-electron chi connectivity index (χ4n) is 1.67. The van der Waals surface area contributed by atoms with Gasteiger partial charge in [0.05, 0.1) is 29.3 Å². The summed E-state index contributed by atoms with van der Waals surface area (Å²) in [5, 5.41) is 10.2. The van der Waals surface area contributed by atoms with Gasteiger partial charge in [-0.3, -0.25) is 0 Å². The summed E-state index contributed by atoms with van der Waals surface area (Å²) in [6.45, 7) is 2.00. The molecule has 0 atom stereocenters. The Morgan fingerprint density at radius 1 is 1.41 bits per heavy atom. The lowest BCUT2D eigenvalue weighted by Crippen LogP contribution is -1.89. The molecule has 2 rings (SSSR count). The molecule has 0 saturated carbocycles. The molecule has 1 aromatic heterocycles. The average Bonchev–Trinajstić information content (AvgIpc) is 2.69. The van der Waals surface area contributed by atoms with E-state index in [4.69, 9.17) is 9.84 Å². The van der Waals surface area contributed by atoms with Gasteiger partial charge in [-0.05, 0) is 24.6 Å². The summed E-state index contributed by atoms with van der Waals surface area (Å²) in [4.78, 5) is 5.40. The van der Waals surface area contributed by atoms with Gasteiger partial charge in [0.15, 0.2) is 0 Å². The van der Waals surface area contributed by atoms with E-state index in [1.807, 2.05) is 25.1 Å². The number of thiazole rings is 1. The highest BCUT2D eigenvalue weighted by molar-refractivity contribution is 7.11. The van der Waals surface area contributed by atoms with Gasteiger partial charge in [0, 0.05) is 6.42 Å². The zero-order valence-electron chi connectivity index (χ0n) is 9.93. The molecule has 3 nitrogen and oxygen atoms in total. The van der Waals surface area contributed by atoms with Crippen molar-refractivity contribution in [1.82, 2.24) is 4.98 Å². The van der Waals surface area contributed by atoms with Crippen LogP contribution in [0.4, 0.5) is 0 Å². The van der Waals surface area contributed by atoms with Crippen molar-refractivity contribution in [2.75, 3.05) is 7.11 Å². The molecule has 1 heterocycles. The first-order valence-electron chi connectivity index (χ1n) is 5.42. The molecule has 1 N–H and O–H groups in total. The van der Waals surface area contributed by atoms with E-state index in [-0.39, 0.29) is 6.61 Å². The Kier molecular flexibility index (Phi) is 3.76. The second-order valence-corrected chi connectivity index (χ2v) is 4.97. The minimum absolute atomic E-state index is 0.0710. The maximum atomic E-state index is 9.13. The first-order valence-corrected chi connectivity index (χ1v) is 6.23. The van der Waals surface area contributed by atoms with Crippen LogP contribution in [0.5, 0.6) is 5.75 Å². The number of aliphatic hydroxyl groups is 1. The fraction of sp³-hybridized carbons (Fsp3) is 0.308. The number of rotatable bonds is 4. The summed E-state index contributed by atoms with van der Waals surface area (Å²) in [6, 6.07) is 7.96. The van der Waals surface area contributed by atoms with Crippen LogP contribution >= 0.6 is 11.3 Å². The maximum absolute atomic E-state index is 9.13. The lowest BCUT2D eigenvalue weighted by atomic mass is 10.1. The molecule has 0 radical (unpaired) electrons. The molecule has 0 aliphatic heterocycles. The van der Waals surface area contributed by atoms with Gasteiger partial charge in [-0.1, -0.05) is 12.1 Å². The molecule has 0 aliphatic rings. The standard InChI is InChI=1S/C13H15NO2S/c1-9-12(8-15)17-13(14-9)7-10-4-3-5-11(6-10)16-2/h3-6,15H,7-8H2,1-2H3. The lowest BCUT2D eigenvalue weighted by molar-refractivity contribution is 0.284. The molecule has 0 spiro atoms. The van der Waals surface area contributed by atoms with E-state index < -0.39 is 0 Å². The number of aromatic nitrogens is 1. The Bertz CT molecular complexity index is 508. The minimum atomic E-state index is 0.0710. The number of methoxy groups -OCH3 is 1. The molecule has 1 aromatic carbocycles. The molecule has 0 fully saturated rings. The zero-order valence-corrected chi connectivity index (χ0v) is 10.8. The summed E-state index contributed by atoms with van der Waals surface area (Å²) >= 11 is 1.57. The molecule has 90 valence electrons. The van der Waals surface area contributed by atoms with Crippen LogP contribution in [0.15, 0.2) is 24.3 Å². The van der Waals surface area contributed by atoms with Gasteiger partial charge in [-0.25, -0.2) is 4.98 Å². The molecular formula is C13H15NO2S. The van der Waals surface area contributed by atoms with E-state index in [2.05, 4.69) is 11.1 Å². The van der Waals surface area contributed by atoms with Gasteiger partial charge in [-0.15, -0.1) is 11.3 Å². The Morgan fingerprint density at radius 2 is 2.24 bits per heavy atom. The van der Waals surface area contributed by atoms with Crippen molar-refractivity contribution in [2.24, 2.45) is 0 Å². The molecule has 0 amide bonds. The van der Waals surface area contributed by atoms with Gasteiger partial charge < -0.3 is 9.84 Å². The SMILES string of the molecule is COc1cccc(Cc2nc(C)c(CO)s2)c1. The molecule has 0 aliphatic carbocycles. The lowest BCUT2D eigenvalue weighted by Gasteiger charge is -2.02. The second kappa shape index (κ2) is 5.29. The summed E-state index contributed by atoms with van der Waals surface area (Å²) < 4.78 is 5.19. The van der Waals surface area contributed by atoms with Crippen molar-refractivity contribution in [3.05, 3.63) is 45.4 Å². The molecule has 4 heteroatoms.